The Hall–Kier alpha value is -3.31. The van der Waals surface area contributed by atoms with E-state index in [1.165, 1.54) is 24.3 Å². The molecule has 3 heterocycles. The molecule has 1 aliphatic heterocycles. The number of esters is 1. The highest BCUT2D eigenvalue weighted by Crippen LogP contribution is 2.24. The van der Waals surface area contributed by atoms with Gasteiger partial charge in [-0.1, -0.05) is 12.1 Å². The molecular formula is C21H20N4O5S2. The van der Waals surface area contributed by atoms with Gasteiger partial charge in [0.25, 0.3) is 10.0 Å². The Kier molecular flexibility index (Phi) is 5.70. The molecule has 0 bridgehead atoms. The van der Waals surface area contributed by atoms with Gasteiger partial charge in [0.1, 0.15) is 11.9 Å². The number of nitrogens with zero attached hydrogens (tertiary/aromatic N) is 3. The van der Waals surface area contributed by atoms with Crippen LogP contribution in [0.3, 0.4) is 0 Å². The zero-order valence-electron chi connectivity index (χ0n) is 17.5. The van der Waals surface area contributed by atoms with Crippen molar-refractivity contribution in [2.24, 2.45) is 4.99 Å². The van der Waals surface area contributed by atoms with Crippen LogP contribution in [0.4, 0.5) is 0 Å². The molecular weight excluding hydrogens is 452 g/mol. The van der Waals surface area contributed by atoms with Gasteiger partial charge in [0.05, 0.1) is 4.90 Å². The molecule has 1 aliphatic rings. The molecule has 0 saturated carbocycles. The molecule has 166 valence electrons. The lowest BCUT2D eigenvalue weighted by Crippen LogP contribution is -2.27. The topological polar surface area (TPSA) is 120 Å². The number of aliphatic imine (C=N–C) groups is 1. The molecule has 0 unspecified atom stereocenters. The van der Waals surface area contributed by atoms with Crippen molar-refractivity contribution in [1.82, 2.24) is 14.3 Å². The first-order chi connectivity index (χ1) is 15.2. The quantitative estimate of drug-likeness (QED) is 0.435. The second-order valence-electron chi connectivity index (χ2n) is 7.22. The Morgan fingerprint density at radius 3 is 2.75 bits per heavy atom. The Balaban J connectivity index is 1.45. The molecule has 32 heavy (non-hydrogen) atoms. The van der Waals surface area contributed by atoms with Crippen molar-refractivity contribution in [2.75, 3.05) is 6.61 Å². The summed E-state index contributed by atoms with van der Waals surface area (Å²) in [5.74, 6) is -1.01. The van der Waals surface area contributed by atoms with Crippen molar-refractivity contribution in [3.8, 4) is 5.13 Å². The van der Waals surface area contributed by atoms with Crippen LogP contribution in [0, 0.1) is 13.8 Å². The predicted octanol–water partition coefficient (Wildman–Crippen LogP) is 2.40. The van der Waals surface area contributed by atoms with Crippen LogP contribution < -0.4 is 4.72 Å². The second kappa shape index (κ2) is 8.32. The average molecular weight is 473 g/mol. The summed E-state index contributed by atoms with van der Waals surface area (Å²) >= 11 is 1.45. The minimum absolute atomic E-state index is 0.0726. The maximum atomic E-state index is 12.7. The van der Waals surface area contributed by atoms with E-state index in [1.54, 1.807) is 30.5 Å². The number of Topliss-reactive ketones (excluding diaryl/α,β-unsaturated/α-hetero) is 1. The minimum atomic E-state index is -3.71. The van der Waals surface area contributed by atoms with Gasteiger partial charge >= 0.3 is 5.97 Å². The number of ether oxygens (including phenoxy) is 1. The molecule has 0 amide bonds. The molecule has 2 aromatic heterocycles. The summed E-state index contributed by atoms with van der Waals surface area (Å²) in [6, 6.07) is 7.08. The van der Waals surface area contributed by atoms with E-state index >= 15 is 0 Å². The molecule has 0 fully saturated rings. The number of carbonyl (C=O) groups excluding carboxylic acids is 2. The van der Waals surface area contributed by atoms with E-state index in [0.29, 0.717) is 16.8 Å². The number of amidine groups is 1. The van der Waals surface area contributed by atoms with Crippen LogP contribution >= 0.6 is 11.3 Å². The number of hydrogen-bond acceptors (Lipinski definition) is 8. The maximum absolute atomic E-state index is 12.7. The number of thiazole rings is 1. The number of sulfonamides is 1. The number of hydrogen-bond donors (Lipinski definition) is 1. The summed E-state index contributed by atoms with van der Waals surface area (Å²) < 4.78 is 33.7. The highest BCUT2D eigenvalue weighted by atomic mass is 32.2. The molecule has 9 nitrogen and oxygen atoms in total. The zero-order valence-corrected chi connectivity index (χ0v) is 19.2. The van der Waals surface area contributed by atoms with Gasteiger partial charge in [0.15, 0.2) is 11.7 Å². The third-order valence-corrected chi connectivity index (χ3v) is 7.17. The molecule has 1 atom stereocenters. The van der Waals surface area contributed by atoms with Gasteiger partial charge in [-0.25, -0.2) is 18.2 Å². The molecule has 0 aliphatic carbocycles. The fraction of sp³-hybridized carbons (Fsp3) is 0.238. The second-order valence-corrected chi connectivity index (χ2v) is 9.74. The Labute approximate surface area is 188 Å². The van der Waals surface area contributed by atoms with Gasteiger partial charge in [-0.2, -0.15) is 0 Å². The molecule has 4 rings (SSSR count). The van der Waals surface area contributed by atoms with Crippen LogP contribution in [0.1, 0.15) is 34.2 Å². The van der Waals surface area contributed by atoms with E-state index in [9.17, 15) is 18.0 Å². The summed E-state index contributed by atoms with van der Waals surface area (Å²) in [6.45, 7) is 4.71. The van der Waals surface area contributed by atoms with Crippen molar-refractivity contribution in [3.63, 3.8) is 0 Å². The van der Waals surface area contributed by atoms with Crippen LogP contribution in [0.5, 0.6) is 0 Å². The summed E-state index contributed by atoms with van der Waals surface area (Å²) in [6.07, 6.45) is 1.69. The van der Waals surface area contributed by atoms with E-state index in [-0.39, 0.29) is 16.5 Å². The highest BCUT2D eigenvalue weighted by molar-refractivity contribution is 7.90. The van der Waals surface area contributed by atoms with Gasteiger partial charge < -0.3 is 4.74 Å². The van der Waals surface area contributed by atoms with Gasteiger partial charge in [-0.15, -0.1) is 11.3 Å². The smallest absolute Gasteiger partial charge is 0.331 e. The van der Waals surface area contributed by atoms with Gasteiger partial charge in [-0.05, 0) is 39.0 Å². The lowest BCUT2D eigenvalue weighted by atomic mass is 10.1. The van der Waals surface area contributed by atoms with Gasteiger partial charge in [0, 0.05) is 34.1 Å². The number of nitrogens with one attached hydrogen (secondary N) is 1. The summed E-state index contributed by atoms with van der Waals surface area (Å²) in [4.78, 5) is 33.6. The van der Waals surface area contributed by atoms with E-state index < -0.39 is 28.6 Å². The van der Waals surface area contributed by atoms with E-state index in [2.05, 4.69) is 14.7 Å². The number of ketones is 1. The van der Waals surface area contributed by atoms with Crippen molar-refractivity contribution in [3.05, 3.63) is 64.4 Å². The average Bonchev–Trinajstić information content (AvgIpc) is 3.44. The SMILES string of the molecule is Cc1cc(C(=O)COC(=O)[C@H](C)N=C2NS(=O)(=O)c3ccccc32)c(C)n1-c1nccs1. The predicted molar refractivity (Wildman–Crippen MR) is 119 cm³/mol. The Morgan fingerprint density at radius 1 is 1.28 bits per heavy atom. The number of benzene rings is 1. The van der Waals surface area contributed by atoms with E-state index in [4.69, 9.17) is 4.74 Å². The van der Waals surface area contributed by atoms with Crippen LogP contribution in [0.15, 0.2) is 51.8 Å². The van der Waals surface area contributed by atoms with Crippen molar-refractivity contribution < 1.29 is 22.7 Å². The van der Waals surface area contributed by atoms with Gasteiger partial charge in [0.2, 0.25) is 5.78 Å². The van der Waals surface area contributed by atoms with Crippen LogP contribution in [-0.2, 0) is 19.6 Å². The highest BCUT2D eigenvalue weighted by Gasteiger charge is 2.31. The van der Waals surface area contributed by atoms with E-state index in [0.717, 1.165) is 10.8 Å². The number of fused-ring (bicyclic) bond motifs is 1. The maximum Gasteiger partial charge on any atom is 0.331 e. The van der Waals surface area contributed by atoms with Crippen LogP contribution in [0.25, 0.3) is 5.13 Å². The van der Waals surface area contributed by atoms with Gasteiger partial charge in [-0.3, -0.25) is 19.1 Å². The molecule has 11 heteroatoms. The first kappa shape index (κ1) is 21.9. The summed E-state index contributed by atoms with van der Waals surface area (Å²) in [7, 11) is -3.71. The number of aryl methyl sites for hydroxylation is 1. The Morgan fingerprint density at radius 2 is 2.03 bits per heavy atom. The summed E-state index contributed by atoms with van der Waals surface area (Å²) in [5, 5.41) is 2.60. The number of carbonyl (C=O) groups is 2. The largest absolute Gasteiger partial charge is 0.456 e. The standard InChI is InChI=1S/C21H20N4O5S2/c1-12-10-16(14(3)25(12)21-22-8-9-31-21)17(26)11-30-20(27)13(2)23-19-15-6-4-5-7-18(15)32(28,29)24-19/h4-10,13H,11H2,1-3H3,(H,23,24)/t13-/m0/s1. The normalized spacial score (nSPS) is 16.4. The molecule has 3 aromatic rings. The Bertz CT molecular complexity index is 1340. The lowest BCUT2D eigenvalue weighted by molar-refractivity contribution is -0.143. The minimum Gasteiger partial charge on any atom is -0.456 e. The lowest BCUT2D eigenvalue weighted by Gasteiger charge is -2.09. The fourth-order valence-electron chi connectivity index (χ4n) is 3.48. The first-order valence-corrected chi connectivity index (χ1v) is 12.0. The third-order valence-electron chi connectivity index (χ3n) is 5.01. The van der Waals surface area contributed by atoms with Crippen LogP contribution in [-0.4, -0.2) is 48.2 Å². The molecule has 0 saturated heterocycles. The number of aromatic nitrogens is 2. The van der Waals surface area contributed by atoms with Crippen LogP contribution in [0.2, 0.25) is 0 Å². The number of rotatable bonds is 6. The fourth-order valence-corrected chi connectivity index (χ4v) is 5.47. The van der Waals surface area contributed by atoms with Crippen molar-refractivity contribution >= 4 is 38.9 Å². The van der Waals surface area contributed by atoms with E-state index in [1.807, 2.05) is 23.8 Å². The van der Waals surface area contributed by atoms with Crippen molar-refractivity contribution in [2.45, 2.75) is 31.7 Å². The summed E-state index contributed by atoms with van der Waals surface area (Å²) in [5.41, 5.74) is 2.39. The van der Waals surface area contributed by atoms with Crippen molar-refractivity contribution in [1.29, 1.82) is 0 Å². The zero-order chi connectivity index (χ0) is 23.0. The molecule has 1 N–H and O–H groups in total. The monoisotopic (exact) mass is 472 g/mol. The molecule has 1 aromatic carbocycles. The first-order valence-electron chi connectivity index (χ1n) is 9.67. The third kappa shape index (κ3) is 3.96. The molecule has 0 radical (unpaired) electrons. The molecule has 0 spiro atoms.